The van der Waals surface area contributed by atoms with Crippen molar-refractivity contribution in [1.29, 1.82) is 0 Å². The number of piperazine rings is 1. The second-order valence-electron chi connectivity index (χ2n) is 6.69. The third kappa shape index (κ3) is 5.38. The molecule has 4 nitrogen and oxygen atoms in total. The molecular formula is C15H32N4. The average molecular weight is 268 g/mol. The Labute approximate surface area is 119 Å². The van der Waals surface area contributed by atoms with Gasteiger partial charge < -0.3 is 15.1 Å². The van der Waals surface area contributed by atoms with Crippen LogP contribution in [-0.2, 0) is 0 Å². The molecule has 1 N–H and O–H groups in total. The molecule has 0 bridgehead atoms. The summed E-state index contributed by atoms with van der Waals surface area (Å²) >= 11 is 0. The minimum absolute atomic E-state index is 0.722. The van der Waals surface area contributed by atoms with E-state index in [-0.39, 0.29) is 0 Å². The fourth-order valence-corrected chi connectivity index (χ4v) is 3.30. The van der Waals surface area contributed by atoms with Crippen molar-refractivity contribution < 1.29 is 0 Å². The zero-order chi connectivity index (χ0) is 13.7. The van der Waals surface area contributed by atoms with Gasteiger partial charge in [-0.2, -0.15) is 0 Å². The zero-order valence-corrected chi connectivity index (χ0v) is 13.1. The highest BCUT2D eigenvalue weighted by atomic mass is 15.3. The lowest BCUT2D eigenvalue weighted by molar-refractivity contribution is 0.103. The van der Waals surface area contributed by atoms with Crippen LogP contribution in [0.2, 0.25) is 0 Å². The van der Waals surface area contributed by atoms with E-state index in [1.807, 2.05) is 0 Å². The second-order valence-corrected chi connectivity index (χ2v) is 6.69. The van der Waals surface area contributed by atoms with Gasteiger partial charge in [-0.05, 0) is 46.3 Å². The van der Waals surface area contributed by atoms with Crippen molar-refractivity contribution in [2.75, 3.05) is 66.5 Å². The van der Waals surface area contributed by atoms with Crippen LogP contribution >= 0.6 is 0 Å². The van der Waals surface area contributed by atoms with Gasteiger partial charge in [0.05, 0.1) is 0 Å². The van der Waals surface area contributed by atoms with Gasteiger partial charge in [-0.3, -0.25) is 4.90 Å². The van der Waals surface area contributed by atoms with Crippen LogP contribution in [0, 0.1) is 5.92 Å². The molecule has 2 aliphatic rings. The van der Waals surface area contributed by atoms with Gasteiger partial charge in [0.1, 0.15) is 0 Å². The molecule has 19 heavy (non-hydrogen) atoms. The van der Waals surface area contributed by atoms with Gasteiger partial charge in [0, 0.05) is 51.9 Å². The Morgan fingerprint density at radius 3 is 2.42 bits per heavy atom. The van der Waals surface area contributed by atoms with Crippen LogP contribution in [-0.4, -0.2) is 87.2 Å². The Morgan fingerprint density at radius 1 is 1.11 bits per heavy atom. The topological polar surface area (TPSA) is 21.8 Å². The van der Waals surface area contributed by atoms with Crippen LogP contribution in [0.25, 0.3) is 0 Å². The first-order chi connectivity index (χ1) is 9.13. The molecule has 0 aromatic carbocycles. The molecule has 0 radical (unpaired) electrons. The van der Waals surface area contributed by atoms with Crippen LogP contribution in [0.15, 0.2) is 0 Å². The van der Waals surface area contributed by atoms with Gasteiger partial charge in [-0.15, -0.1) is 0 Å². The minimum Gasteiger partial charge on any atom is -0.314 e. The molecule has 0 aliphatic carbocycles. The van der Waals surface area contributed by atoms with E-state index in [1.165, 1.54) is 65.2 Å². The van der Waals surface area contributed by atoms with Gasteiger partial charge >= 0.3 is 0 Å². The number of nitrogens with one attached hydrogen (secondary N) is 1. The summed E-state index contributed by atoms with van der Waals surface area (Å²) in [6.07, 6.45) is 2.73. The summed E-state index contributed by atoms with van der Waals surface area (Å²) in [4.78, 5) is 7.58. The van der Waals surface area contributed by atoms with E-state index in [0.717, 1.165) is 12.0 Å². The lowest BCUT2D eigenvalue weighted by Crippen LogP contribution is -2.50. The maximum Gasteiger partial charge on any atom is 0.0110 e. The normalized spacial score (nSPS) is 30.9. The quantitative estimate of drug-likeness (QED) is 0.786. The highest BCUT2D eigenvalue weighted by molar-refractivity contribution is 4.80. The molecule has 0 aromatic heterocycles. The molecule has 2 atom stereocenters. The van der Waals surface area contributed by atoms with E-state index in [4.69, 9.17) is 0 Å². The van der Waals surface area contributed by atoms with Crippen molar-refractivity contribution in [1.82, 2.24) is 20.0 Å². The van der Waals surface area contributed by atoms with E-state index in [1.54, 1.807) is 0 Å². The summed E-state index contributed by atoms with van der Waals surface area (Å²) in [6, 6.07) is 0.722. The Hall–Kier alpha value is -0.160. The number of piperidine rings is 1. The van der Waals surface area contributed by atoms with Gasteiger partial charge in [-0.25, -0.2) is 0 Å². The molecule has 2 fully saturated rings. The number of hydrogen-bond acceptors (Lipinski definition) is 4. The molecule has 112 valence electrons. The lowest BCUT2D eigenvalue weighted by atomic mass is 9.92. The molecule has 2 heterocycles. The highest BCUT2D eigenvalue weighted by Gasteiger charge is 2.23. The molecule has 0 aromatic rings. The first kappa shape index (κ1) is 15.2. The van der Waals surface area contributed by atoms with Crippen LogP contribution in [0.1, 0.15) is 19.8 Å². The molecule has 0 amide bonds. The minimum atomic E-state index is 0.722. The SMILES string of the molecule is CC1CC(CN2CCN(CCN(C)C)CC2)CCN1. The monoisotopic (exact) mass is 268 g/mol. The molecular weight excluding hydrogens is 236 g/mol. The van der Waals surface area contributed by atoms with Crippen LogP contribution in [0.3, 0.4) is 0 Å². The fourth-order valence-electron chi connectivity index (χ4n) is 3.30. The van der Waals surface area contributed by atoms with Crippen molar-refractivity contribution in [2.45, 2.75) is 25.8 Å². The van der Waals surface area contributed by atoms with Gasteiger partial charge in [0.25, 0.3) is 0 Å². The summed E-state index contributed by atoms with van der Waals surface area (Å²) in [5, 5.41) is 3.55. The third-order valence-corrected chi connectivity index (χ3v) is 4.58. The van der Waals surface area contributed by atoms with E-state index in [2.05, 4.69) is 41.0 Å². The molecule has 2 rings (SSSR count). The molecule has 4 heteroatoms. The Bertz CT molecular complexity index is 249. The molecule has 0 spiro atoms. The highest BCUT2D eigenvalue weighted by Crippen LogP contribution is 2.18. The number of nitrogens with zero attached hydrogens (tertiary/aromatic N) is 3. The van der Waals surface area contributed by atoms with E-state index < -0.39 is 0 Å². The van der Waals surface area contributed by atoms with Crippen LogP contribution < -0.4 is 5.32 Å². The second kappa shape index (κ2) is 7.58. The van der Waals surface area contributed by atoms with Crippen molar-refractivity contribution >= 4 is 0 Å². The summed E-state index contributed by atoms with van der Waals surface area (Å²) in [5.41, 5.74) is 0. The standard InChI is InChI=1S/C15H32N4/c1-14-12-15(4-5-16-14)13-19-10-8-18(9-11-19)7-6-17(2)3/h14-16H,4-13H2,1-3H3. The lowest BCUT2D eigenvalue weighted by Gasteiger charge is -2.38. The fraction of sp³-hybridized carbons (Fsp3) is 1.00. The average Bonchev–Trinajstić information content (AvgIpc) is 2.38. The third-order valence-electron chi connectivity index (χ3n) is 4.58. The molecule has 2 aliphatic heterocycles. The van der Waals surface area contributed by atoms with Crippen LogP contribution in [0.4, 0.5) is 0 Å². The number of hydrogen-bond donors (Lipinski definition) is 1. The number of likely N-dealkylation sites (N-methyl/N-ethyl adjacent to an activating group) is 1. The van der Waals surface area contributed by atoms with Crippen molar-refractivity contribution in [3.05, 3.63) is 0 Å². The smallest absolute Gasteiger partial charge is 0.0110 e. The van der Waals surface area contributed by atoms with Crippen molar-refractivity contribution in [3.63, 3.8) is 0 Å². The molecule has 2 saturated heterocycles. The summed E-state index contributed by atoms with van der Waals surface area (Å²) in [5.74, 6) is 0.921. The summed E-state index contributed by atoms with van der Waals surface area (Å²) < 4.78 is 0. The van der Waals surface area contributed by atoms with Gasteiger partial charge in [0.15, 0.2) is 0 Å². The summed E-state index contributed by atoms with van der Waals surface area (Å²) in [6.45, 7) is 12.3. The maximum atomic E-state index is 3.55. The first-order valence-electron chi connectivity index (χ1n) is 7.96. The Morgan fingerprint density at radius 2 is 1.79 bits per heavy atom. The van der Waals surface area contributed by atoms with E-state index in [9.17, 15) is 0 Å². The zero-order valence-electron chi connectivity index (χ0n) is 13.1. The van der Waals surface area contributed by atoms with Crippen molar-refractivity contribution in [3.8, 4) is 0 Å². The summed E-state index contributed by atoms with van der Waals surface area (Å²) in [7, 11) is 4.32. The largest absolute Gasteiger partial charge is 0.314 e. The predicted molar refractivity (Wildman–Crippen MR) is 81.6 cm³/mol. The van der Waals surface area contributed by atoms with Gasteiger partial charge in [0.2, 0.25) is 0 Å². The Balaban J connectivity index is 1.63. The predicted octanol–water partition coefficient (Wildman–Crippen LogP) is 0.554. The van der Waals surface area contributed by atoms with Crippen LogP contribution in [0.5, 0.6) is 0 Å². The van der Waals surface area contributed by atoms with Crippen molar-refractivity contribution in [2.24, 2.45) is 5.92 Å². The molecule has 0 saturated carbocycles. The van der Waals surface area contributed by atoms with E-state index >= 15 is 0 Å². The van der Waals surface area contributed by atoms with E-state index in [0.29, 0.717) is 0 Å². The molecule has 2 unspecified atom stereocenters. The number of rotatable bonds is 5. The first-order valence-corrected chi connectivity index (χ1v) is 7.96. The van der Waals surface area contributed by atoms with Gasteiger partial charge in [-0.1, -0.05) is 0 Å². The Kier molecular flexibility index (Phi) is 6.07. The maximum absolute atomic E-state index is 3.55.